The zero-order valence-electron chi connectivity index (χ0n) is 8.55. The molecule has 0 bridgehead atoms. The van der Waals surface area contributed by atoms with Crippen LogP contribution in [0.4, 0.5) is 0 Å². The van der Waals surface area contributed by atoms with Gasteiger partial charge in [-0.15, -0.1) is 0 Å². The SMILES string of the molecule is CC(O)(C1CCCC1)[C@@H]1CCCN1. The van der Waals surface area contributed by atoms with Crippen molar-refractivity contribution in [2.75, 3.05) is 6.54 Å². The molecule has 13 heavy (non-hydrogen) atoms. The zero-order valence-corrected chi connectivity index (χ0v) is 8.55. The molecule has 2 N–H and O–H groups in total. The van der Waals surface area contributed by atoms with Gasteiger partial charge in [-0.25, -0.2) is 0 Å². The van der Waals surface area contributed by atoms with Crippen LogP contribution in [0, 0.1) is 5.92 Å². The van der Waals surface area contributed by atoms with Crippen molar-refractivity contribution in [1.29, 1.82) is 0 Å². The number of rotatable bonds is 2. The van der Waals surface area contributed by atoms with Gasteiger partial charge in [-0.05, 0) is 45.1 Å². The molecule has 1 aliphatic heterocycles. The van der Waals surface area contributed by atoms with Crippen LogP contribution in [0.25, 0.3) is 0 Å². The van der Waals surface area contributed by atoms with Crippen LogP contribution in [0.2, 0.25) is 0 Å². The largest absolute Gasteiger partial charge is 0.388 e. The van der Waals surface area contributed by atoms with E-state index in [9.17, 15) is 5.11 Å². The van der Waals surface area contributed by atoms with E-state index in [0.717, 1.165) is 13.0 Å². The number of hydrogen-bond donors (Lipinski definition) is 2. The first kappa shape index (κ1) is 9.47. The topological polar surface area (TPSA) is 32.3 Å². The zero-order chi connectivity index (χ0) is 9.31. The van der Waals surface area contributed by atoms with Crippen molar-refractivity contribution in [3.05, 3.63) is 0 Å². The maximum Gasteiger partial charge on any atom is 0.0799 e. The summed E-state index contributed by atoms with van der Waals surface area (Å²) < 4.78 is 0. The molecule has 2 nitrogen and oxygen atoms in total. The van der Waals surface area contributed by atoms with Gasteiger partial charge >= 0.3 is 0 Å². The molecule has 0 aromatic rings. The van der Waals surface area contributed by atoms with E-state index in [4.69, 9.17) is 0 Å². The first-order chi connectivity index (χ1) is 6.21. The molecule has 2 atom stereocenters. The minimum atomic E-state index is -0.451. The molecule has 0 aromatic carbocycles. The van der Waals surface area contributed by atoms with Gasteiger partial charge in [-0.1, -0.05) is 12.8 Å². The summed E-state index contributed by atoms with van der Waals surface area (Å²) in [6, 6.07) is 0.357. The van der Waals surface area contributed by atoms with Crippen molar-refractivity contribution in [3.63, 3.8) is 0 Å². The van der Waals surface area contributed by atoms with E-state index in [1.807, 2.05) is 6.92 Å². The van der Waals surface area contributed by atoms with Crippen LogP contribution in [0.15, 0.2) is 0 Å². The van der Waals surface area contributed by atoms with Crippen LogP contribution in [0.3, 0.4) is 0 Å². The first-order valence-electron chi connectivity index (χ1n) is 5.67. The summed E-state index contributed by atoms with van der Waals surface area (Å²) in [4.78, 5) is 0. The van der Waals surface area contributed by atoms with E-state index in [1.165, 1.54) is 32.1 Å². The van der Waals surface area contributed by atoms with Crippen molar-refractivity contribution >= 4 is 0 Å². The highest BCUT2D eigenvalue weighted by atomic mass is 16.3. The lowest BCUT2D eigenvalue weighted by molar-refractivity contribution is -0.0276. The second-order valence-corrected chi connectivity index (χ2v) is 4.86. The predicted octanol–water partition coefficient (Wildman–Crippen LogP) is 1.68. The molecule has 2 aliphatic rings. The standard InChI is InChI=1S/C11H21NO/c1-11(13,9-5-2-3-6-9)10-7-4-8-12-10/h9-10,12-13H,2-8H2,1H3/t10-,11?/m0/s1. The first-order valence-corrected chi connectivity index (χ1v) is 5.67. The molecular formula is C11H21NO. The van der Waals surface area contributed by atoms with Crippen molar-refractivity contribution in [1.82, 2.24) is 5.32 Å². The van der Waals surface area contributed by atoms with E-state index in [2.05, 4.69) is 5.32 Å². The fourth-order valence-corrected chi connectivity index (χ4v) is 2.98. The van der Waals surface area contributed by atoms with E-state index in [0.29, 0.717) is 12.0 Å². The highest BCUT2D eigenvalue weighted by molar-refractivity contribution is 4.97. The molecule has 1 saturated carbocycles. The molecule has 2 fully saturated rings. The second-order valence-electron chi connectivity index (χ2n) is 4.86. The predicted molar refractivity (Wildman–Crippen MR) is 53.6 cm³/mol. The summed E-state index contributed by atoms with van der Waals surface area (Å²) in [5.74, 6) is 0.545. The van der Waals surface area contributed by atoms with Crippen LogP contribution < -0.4 is 5.32 Å². The molecule has 1 aliphatic carbocycles. The Bertz CT molecular complexity index is 149. The normalized spacial score (nSPS) is 35.1. The van der Waals surface area contributed by atoms with Gasteiger partial charge in [0.05, 0.1) is 5.60 Å². The van der Waals surface area contributed by atoms with Crippen molar-refractivity contribution in [2.45, 2.75) is 57.1 Å². The van der Waals surface area contributed by atoms with Crippen LogP contribution in [-0.4, -0.2) is 23.3 Å². The Balaban J connectivity index is 1.99. The number of aliphatic hydroxyl groups is 1. The smallest absolute Gasteiger partial charge is 0.0799 e. The van der Waals surface area contributed by atoms with Gasteiger partial charge in [0, 0.05) is 6.04 Å². The Labute approximate surface area is 80.7 Å². The van der Waals surface area contributed by atoms with Crippen LogP contribution in [0.1, 0.15) is 45.4 Å². The maximum atomic E-state index is 10.5. The molecule has 0 amide bonds. The molecule has 76 valence electrons. The average molecular weight is 183 g/mol. The van der Waals surface area contributed by atoms with E-state index >= 15 is 0 Å². The van der Waals surface area contributed by atoms with Crippen molar-refractivity contribution in [3.8, 4) is 0 Å². The Kier molecular flexibility index (Phi) is 2.61. The molecule has 2 heteroatoms. The highest BCUT2D eigenvalue weighted by Crippen LogP contribution is 2.37. The molecule has 2 rings (SSSR count). The molecule has 1 unspecified atom stereocenters. The van der Waals surface area contributed by atoms with Crippen molar-refractivity contribution < 1.29 is 5.11 Å². The Morgan fingerprint density at radius 3 is 2.38 bits per heavy atom. The molecule has 0 radical (unpaired) electrons. The molecular weight excluding hydrogens is 162 g/mol. The Hall–Kier alpha value is -0.0800. The summed E-state index contributed by atoms with van der Waals surface area (Å²) in [5.41, 5.74) is -0.451. The Morgan fingerprint density at radius 1 is 1.15 bits per heavy atom. The van der Waals surface area contributed by atoms with E-state index < -0.39 is 5.60 Å². The minimum absolute atomic E-state index is 0.357. The summed E-state index contributed by atoms with van der Waals surface area (Å²) in [7, 11) is 0. The minimum Gasteiger partial charge on any atom is -0.388 e. The van der Waals surface area contributed by atoms with Gasteiger partial charge in [0.25, 0.3) is 0 Å². The van der Waals surface area contributed by atoms with Crippen LogP contribution in [0.5, 0.6) is 0 Å². The maximum absolute atomic E-state index is 10.5. The van der Waals surface area contributed by atoms with Crippen molar-refractivity contribution in [2.24, 2.45) is 5.92 Å². The van der Waals surface area contributed by atoms with Gasteiger partial charge in [-0.2, -0.15) is 0 Å². The summed E-state index contributed by atoms with van der Waals surface area (Å²) >= 11 is 0. The van der Waals surface area contributed by atoms with Crippen LogP contribution >= 0.6 is 0 Å². The lowest BCUT2D eigenvalue weighted by atomic mass is 9.81. The molecule has 1 saturated heterocycles. The fraction of sp³-hybridized carbons (Fsp3) is 1.00. The van der Waals surface area contributed by atoms with E-state index in [-0.39, 0.29) is 0 Å². The quantitative estimate of drug-likeness (QED) is 0.682. The second kappa shape index (κ2) is 3.58. The molecule has 0 aromatic heterocycles. The number of nitrogens with one attached hydrogen (secondary N) is 1. The average Bonchev–Trinajstić information content (AvgIpc) is 2.78. The van der Waals surface area contributed by atoms with Gasteiger partial charge in [-0.3, -0.25) is 0 Å². The third-order valence-electron chi connectivity index (χ3n) is 3.95. The van der Waals surface area contributed by atoms with Gasteiger partial charge < -0.3 is 10.4 Å². The van der Waals surface area contributed by atoms with Gasteiger partial charge in [0.15, 0.2) is 0 Å². The fourth-order valence-electron chi connectivity index (χ4n) is 2.98. The van der Waals surface area contributed by atoms with E-state index in [1.54, 1.807) is 0 Å². The molecule has 0 spiro atoms. The third-order valence-corrected chi connectivity index (χ3v) is 3.95. The summed E-state index contributed by atoms with van der Waals surface area (Å²) in [5, 5.41) is 13.9. The number of hydrogen-bond acceptors (Lipinski definition) is 2. The van der Waals surface area contributed by atoms with Gasteiger partial charge in [0.1, 0.15) is 0 Å². The lowest BCUT2D eigenvalue weighted by Gasteiger charge is -2.35. The molecule has 1 heterocycles. The highest BCUT2D eigenvalue weighted by Gasteiger charge is 2.41. The van der Waals surface area contributed by atoms with Gasteiger partial charge in [0.2, 0.25) is 0 Å². The summed E-state index contributed by atoms with van der Waals surface area (Å²) in [6.07, 6.45) is 7.47. The Morgan fingerprint density at radius 2 is 1.85 bits per heavy atom. The lowest BCUT2D eigenvalue weighted by Crippen LogP contribution is -2.50. The monoisotopic (exact) mass is 183 g/mol. The van der Waals surface area contributed by atoms with Crippen LogP contribution in [-0.2, 0) is 0 Å². The summed E-state index contributed by atoms with van der Waals surface area (Å²) in [6.45, 7) is 3.12. The third kappa shape index (κ3) is 1.75.